The summed E-state index contributed by atoms with van der Waals surface area (Å²) in [5, 5.41) is 33.4. The van der Waals surface area contributed by atoms with Gasteiger partial charge in [-0.25, -0.2) is 4.98 Å². The van der Waals surface area contributed by atoms with E-state index in [1.807, 2.05) is 54.6 Å². The van der Waals surface area contributed by atoms with Gasteiger partial charge in [-0.3, -0.25) is 14.3 Å². The van der Waals surface area contributed by atoms with Gasteiger partial charge in [-0.15, -0.1) is 0 Å². The van der Waals surface area contributed by atoms with Crippen LogP contribution in [0.5, 0.6) is 0 Å². The number of anilines is 3. The molecular formula is C22H22N6O5. The Labute approximate surface area is 187 Å². The second-order valence-corrected chi connectivity index (χ2v) is 7.73. The molecule has 7 N–H and O–H groups in total. The Morgan fingerprint density at radius 1 is 1.03 bits per heavy atom. The van der Waals surface area contributed by atoms with Crippen LogP contribution in [0.15, 0.2) is 59.4 Å². The third-order valence-electron chi connectivity index (χ3n) is 5.59. The number of nitrogens with zero attached hydrogens (tertiary/aromatic N) is 3. The molecule has 0 aliphatic carbocycles. The Bertz CT molecular complexity index is 1340. The minimum absolute atomic E-state index is 0.0228. The summed E-state index contributed by atoms with van der Waals surface area (Å²) in [6, 6.07) is 17.4. The minimum Gasteiger partial charge on any atom is -0.394 e. The molecule has 0 saturated carbocycles. The summed E-state index contributed by atoms with van der Waals surface area (Å²) in [7, 11) is 0. The number of aliphatic hydroxyl groups is 3. The van der Waals surface area contributed by atoms with Crippen molar-refractivity contribution in [2.24, 2.45) is 0 Å². The first kappa shape index (κ1) is 21.1. The number of aromatic amines is 1. The van der Waals surface area contributed by atoms with Gasteiger partial charge < -0.3 is 31.1 Å². The molecule has 4 aromatic rings. The largest absolute Gasteiger partial charge is 0.394 e. The van der Waals surface area contributed by atoms with Crippen molar-refractivity contribution in [3.05, 3.63) is 65.0 Å². The monoisotopic (exact) mass is 450 g/mol. The maximum absolute atomic E-state index is 12.4. The number of nitrogen functional groups attached to an aromatic ring is 1. The van der Waals surface area contributed by atoms with Gasteiger partial charge in [0.15, 0.2) is 17.4 Å². The van der Waals surface area contributed by atoms with E-state index in [2.05, 4.69) is 20.3 Å². The molecule has 4 unspecified atom stereocenters. The number of aliphatic hydroxyl groups excluding tert-OH is 3. The minimum atomic E-state index is -1.40. The number of aromatic nitrogens is 4. The van der Waals surface area contributed by atoms with Crippen LogP contribution in [0.25, 0.3) is 22.3 Å². The topological polar surface area (TPSA) is 172 Å². The maximum Gasteiger partial charge on any atom is 0.280 e. The van der Waals surface area contributed by atoms with E-state index < -0.39 is 36.7 Å². The summed E-state index contributed by atoms with van der Waals surface area (Å²) in [6.45, 7) is -0.499. The van der Waals surface area contributed by atoms with Gasteiger partial charge in [0.2, 0.25) is 11.9 Å². The fraction of sp³-hybridized carbons (Fsp3) is 0.227. The van der Waals surface area contributed by atoms with E-state index in [4.69, 9.17) is 10.5 Å². The van der Waals surface area contributed by atoms with E-state index in [9.17, 15) is 20.1 Å². The van der Waals surface area contributed by atoms with Gasteiger partial charge in [0.25, 0.3) is 5.56 Å². The number of hydrogen-bond donors (Lipinski definition) is 6. The molecule has 1 aliphatic heterocycles. The van der Waals surface area contributed by atoms with E-state index >= 15 is 0 Å². The van der Waals surface area contributed by atoms with E-state index in [0.29, 0.717) is 5.69 Å². The summed E-state index contributed by atoms with van der Waals surface area (Å²) in [5.41, 5.74) is 7.93. The van der Waals surface area contributed by atoms with Gasteiger partial charge >= 0.3 is 0 Å². The van der Waals surface area contributed by atoms with Crippen molar-refractivity contribution in [2.75, 3.05) is 17.7 Å². The number of rotatable bonds is 5. The molecule has 2 aromatic carbocycles. The molecule has 33 heavy (non-hydrogen) atoms. The summed E-state index contributed by atoms with van der Waals surface area (Å²) < 4.78 is 7.02. The van der Waals surface area contributed by atoms with Crippen LogP contribution in [0.4, 0.5) is 17.6 Å². The molecule has 170 valence electrons. The van der Waals surface area contributed by atoms with Crippen LogP contribution in [0.3, 0.4) is 0 Å². The fourth-order valence-corrected chi connectivity index (χ4v) is 3.93. The third kappa shape index (κ3) is 3.72. The SMILES string of the molecule is Nc1nc2c(nc(Nc3ccc(-c4ccccc4)cc3)n2C2OC(CO)C(O)C2O)c(=O)[nH]1. The number of nitrogens with one attached hydrogen (secondary N) is 2. The number of H-pyrrole nitrogens is 1. The predicted molar refractivity (Wildman–Crippen MR) is 121 cm³/mol. The lowest BCUT2D eigenvalue weighted by molar-refractivity contribution is -0.0501. The lowest BCUT2D eigenvalue weighted by Gasteiger charge is -2.20. The molecule has 1 fully saturated rings. The molecule has 5 rings (SSSR count). The zero-order valence-electron chi connectivity index (χ0n) is 17.3. The smallest absolute Gasteiger partial charge is 0.280 e. The van der Waals surface area contributed by atoms with Crippen LogP contribution in [-0.2, 0) is 4.74 Å². The predicted octanol–water partition coefficient (Wildman–Crippen LogP) is 0.724. The Balaban J connectivity index is 1.56. The lowest BCUT2D eigenvalue weighted by Crippen LogP contribution is -2.33. The number of hydrogen-bond acceptors (Lipinski definition) is 9. The van der Waals surface area contributed by atoms with E-state index in [0.717, 1.165) is 11.1 Å². The number of nitrogens with two attached hydrogens (primary N) is 1. The Morgan fingerprint density at radius 2 is 1.73 bits per heavy atom. The molecule has 0 radical (unpaired) electrons. The van der Waals surface area contributed by atoms with Crippen molar-refractivity contribution in [1.82, 2.24) is 19.5 Å². The molecule has 0 bridgehead atoms. The highest BCUT2D eigenvalue weighted by Gasteiger charge is 2.45. The Hall–Kier alpha value is -3.77. The molecule has 1 aliphatic rings. The van der Waals surface area contributed by atoms with E-state index in [1.54, 1.807) is 0 Å². The van der Waals surface area contributed by atoms with Gasteiger partial charge in [0.05, 0.1) is 6.61 Å². The normalized spacial score (nSPS) is 22.6. The highest BCUT2D eigenvalue weighted by atomic mass is 16.6. The fourth-order valence-electron chi connectivity index (χ4n) is 3.93. The molecular weight excluding hydrogens is 428 g/mol. The van der Waals surface area contributed by atoms with E-state index in [1.165, 1.54) is 4.57 Å². The van der Waals surface area contributed by atoms with Gasteiger partial charge in [-0.05, 0) is 23.3 Å². The molecule has 0 spiro atoms. The van der Waals surface area contributed by atoms with Crippen molar-refractivity contribution in [1.29, 1.82) is 0 Å². The van der Waals surface area contributed by atoms with Crippen molar-refractivity contribution < 1.29 is 20.1 Å². The van der Waals surface area contributed by atoms with E-state index in [-0.39, 0.29) is 23.1 Å². The van der Waals surface area contributed by atoms with Crippen molar-refractivity contribution >= 4 is 28.7 Å². The van der Waals surface area contributed by atoms with Crippen LogP contribution in [0.2, 0.25) is 0 Å². The molecule has 2 aromatic heterocycles. The van der Waals surface area contributed by atoms with Gasteiger partial charge in [0.1, 0.15) is 18.3 Å². The molecule has 11 nitrogen and oxygen atoms in total. The molecule has 3 heterocycles. The van der Waals surface area contributed by atoms with Crippen molar-refractivity contribution in [3.63, 3.8) is 0 Å². The third-order valence-corrected chi connectivity index (χ3v) is 5.59. The first-order valence-corrected chi connectivity index (χ1v) is 10.3. The first-order chi connectivity index (χ1) is 16.0. The second kappa shape index (κ2) is 8.30. The number of ether oxygens (including phenoxy) is 1. The second-order valence-electron chi connectivity index (χ2n) is 7.73. The van der Waals surface area contributed by atoms with Gasteiger partial charge in [-0.2, -0.15) is 4.98 Å². The highest BCUT2D eigenvalue weighted by Crippen LogP contribution is 2.35. The zero-order valence-corrected chi connectivity index (χ0v) is 17.3. The average Bonchev–Trinajstić information content (AvgIpc) is 3.31. The highest BCUT2D eigenvalue weighted by molar-refractivity contribution is 5.77. The summed E-state index contributed by atoms with van der Waals surface area (Å²) in [6.07, 6.45) is -4.92. The number of imidazole rings is 1. The summed E-state index contributed by atoms with van der Waals surface area (Å²) >= 11 is 0. The average molecular weight is 450 g/mol. The molecule has 1 saturated heterocycles. The first-order valence-electron chi connectivity index (χ1n) is 10.3. The zero-order chi connectivity index (χ0) is 23.1. The quantitative estimate of drug-likeness (QED) is 0.256. The molecule has 4 atom stereocenters. The Morgan fingerprint density at radius 3 is 2.39 bits per heavy atom. The van der Waals surface area contributed by atoms with Gasteiger partial charge in [-0.1, -0.05) is 42.5 Å². The standard InChI is InChI=1S/C22H22N6O5/c23-21-26-18-15(19(32)27-21)25-22(28(18)20-17(31)16(30)14(10-29)33-20)24-13-8-6-12(7-9-13)11-4-2-1-3-5-11/h1-9,14,16-17,20,29-31H,10H2,(H,24,25)(H3,23,26,27,32). The van der Waals surface area contributed by atoms with Gasteiger partial charge in [0, 0.05) is 5.69 Å². The van der Waals surface area contributed by atoms with Crippen LogP contribution in [0, 0.1) is 0 Å². The van der Waals surface area contributed by atoms with Crippen molar-refractivity contribution in [3.8, 4) is 11.1 Å². The van der Waals surface area contributed by atoms with Crippen LogP contribution in [-0.4, -0.2) is 59.8 Å². The summed E-state index contributed by atoms with van der Waals surface area (Å²) in [5.74, 6) is 0.00931. The number of fused-ring (bicyclic) bond motifs is 1. The molecule has 0 amide bonds. The van der Waals surface area contributed by atoms with Crippen LogP contribution >= 0.6 is 0 Å². The Kier molecular flexibility index (Phi) is 5.30. The summed E-state index contributed by atoms with van der Waals surface area (Å²) in [4.78, 5) is 23.3. The number of benzene rings is 2. The van der Waals surface area contributed by atoms with Crippen LogP contribution in [0.1, 0.15) is 6.23 Å². The maximum atomic E-state index is 12.4. The van der Waals surface area contributed by atoms with Crippen molar-refractivity contribution in [2.45, 2.75) is 24.5 Å². The molecule has 11 heteroatoms. The van der Waals surface area contributed by atoms with Crippen LogP contribution < -0.4 is 16.6 Å². The lowest BCUT2D eigenvalue weighted by atomic mass is 10.1.